The van der Waals surface area contributed by atoms with Crippen molar-refractivity contribution >= 4 is 37.8 Å². The van der Waals surface area contributed by atoms with Crippen molar-refractivity contribution in [3.63, 3.8) is 0 Å². The molecule has 1 N–H and O–H groups in total. The van der Waals surface area contributed by atoms with Crippen LogP contribution in [0.1, 0.15) is 53.4 Å². The quantitative estimate of drug-likeness (QED) is 0.368. The first kappa shape index (κ1) is 22.4. The molecule has 0 saturated heterocycles. The predicted molar refractivity (Wildman–Crippen MR) is 130 cm³/mol. The molecule has 0 atom stereocenters. The van der Waals surface area contributed by atoms with Gasteiger partial charge in [-0.25, -0.2) is 0 Å². The largest absolute Gasteiger partial charge is 0.354 e. The molecule has 0 heterocycles. The monoisotopic (exact) mass is 401 g/mol. The lowest BCUT2D eigenvalue weighted by atomic mass is 10.2. The van der Waals surface area contributed by atoms with Crippen LogP contribution in [0.2, 0.25) is 0 Å². The predicted octanol–water partition coefficient (Wildman–Crippen LogP) is 7.28. The molecule has 148 valence electrons. The Morgan fingerprint density at radius 1 is 0.556 bits per heavy atom. The molecular weight excluding hydrogens is 364 g/mol. The van der Waals surface area contributed by atoms with Crippen LogP contribution < -0.4 is 15.9 Å². The number of para-hydroxylation sites is 2. The molecule has 1 nitrogen and oxygen atoms in total. The molecule has 0 bridgehead atoms. The van der Waals surface area contributed by atoms with Gasteiger partial charge in [-0.1, -0.05) is 106 Å². The summed E-state index contributed by atoms with van der Waals surface area (Å²) in [4.78, 5) is 0. The number of rotatable bonds is 12. The van der Waals surface area contributed by atoms with Crippen LogP contribution in [0.4, 0.5) is 11.4 Å². The summed E-state index contributed by atoms with van der Waals surface area (Å²) >= 11 is 0. The molecule has 3 heteroatoms. The third kappa shape index (κ3) is 6.58. The molecule has 2 rings (SSSR count). The van der Waals surface area contributed by atoms with E-state index in [0.717, 1.165) is 0 Å². The van der Waals surface area contributed by atoms with E-state index in [-0.39, 0.29) is 15.8 Å². The average molecular weight is 402 g/mol. The molecular formula is C24H37NP2. The van der Waals surface area contributed by atoms with Gasteiger partial charge in [0.25, 0.3) is 0 Å². The highest BCUT2D eigenvalue weighted by atomic mass is 31.1. The summed E-state index contributed by atoms with van der Waals surface area (Å²) in [5, 5.41) is 6.98. The van der Waals surface area contributed by atoms with Crippen molar-refractivity contribution < 1.29 is 0 Å². The highest BCUT2D eigenvalue weighted by Crippen LogP contribution is 2.41. The lowest BCUT2D eigenvalue weighted by Gasteiger charge is -2.24. The van der Waals surface area contributed by atoms with E-state index in [1.807, 2.05) is 0 Å². The molecule has 0 saturated carbocycles. The second kappa shape index (κ2) is 12.5. The first-order valence-electron chi connectivity index (χ1n) is 10.7. The third-order valence-corrected chi connectivity index (χ3v) is 10.8. The van der Waals surface area contributed by atoms with Gasteiger partial charge >= 0.3 is 0 Å². The van der Waals surface area contributed by atoms with Crippen molar-refractivity contribution in [1.29, 1.82) is 0 Å². The number of nitrogens with one attached hydrogen (secondary N) is 1. The summed E-state index contributed by atoms with van der Waals surface area (Å²) in [5.74, 6) is 0. The van der Waals surface area contributed by atoms with Gasteiger partial charge in [-0.3, -0.25) is 0 Å². The van der Waals surface area contributed by atoms with Crippen LogP contribution in [0, 0.1) is 0 Å². The van der Waals surface area contributed by atoms with E-state index in [1.165, 1.54) is 61.7 Å². The SMILES string of the molecule is CCCP(CCC)c1ccccc1Nc1ccccc1P(CCC)CCC. The normalized spacial score (nSPS) is 11.3. The van der Waals surface area contributed by atoms with Crippen molar-refractivity contribution in [1.82, 2.24) is 0 Å². The average Bonchev–Trinajstić information content (AvgIpc) is 2.69. The second-order valence-corrected chi connectivity index (χ2v) is 12.0. The van der Waals surface area contributed by atoms with Crippen molar-refractivity contribution in [2.45, 2.75) is 53.4 Å². The van der Waals surface area contributed by atoms with Crippen molar-refractivity contribution in [3.05, 3.63) is 48.5 Å². The molecule has 27 heavy (non-hydrogen) atoms. The van der Waals surface area contributed by atoms with Crippen LogP contribution in [0.5, 0.6) is 0 Å². The summed E-state index contributed by atoms with van der Waals surface area (Å²) in [7, 11) is -0.137. The molecule has 0 unspecified atom stereocenters. The topological polar surface area (TPSA) is 12.0 Å². The van der Waals surface area contributed by atoms with Gasteiger partial charge in [0.2, 0.25) is 0 Å². The summed E-state index contributed by atoms with van der Waals surface area (Å²) in [6.07, 6.45) is 10.4. The van der Waals surface area contributed by atoms with Crippen LogP contribution in [-0.4, -0.2) is 24.6 Å². The molecule has 0 spiro atoms. The Morgan fingerprint density at radius 3 is 1.22 bits per heavy atom. The summed E-state index contributed by atoms with van der Waals surface area (Å²) in [5.41, 5.74) is 2.67. The van der Waals surface area contributed by atoms with Crippen LogP contribution in [0.3, 0.4) is 0 Å². The summed E-state index contributed by atoms with van der Waals surface area (Å²) < 4.78 is 0. The minimum Gasteiger partial charge on any atom is -0.354 e. The van der Waals surface area contributed by atoms with Gasteiger partial charge in [0.1, 0.15) is 0 Å². The Balaban J connectivity index is 2.35. The minimum absolute atomic E-state index is 0.0685. The zero-order chi connectivity index (χ0) is 19.5. The molecule has 0 aliphatic carbocycles. The standard InChI is InChI=1S/C24H37NP2/c1-5-17-26(18-6-2)23-15-11-9-13-21(23)25-22-14-10-12-16-24(22)27(19-7-3)20-8-4/h9-16,25H,5-8,17-20H2,1-4H3. The van der Waals surface area contributed by atoms with Gasteiger partial charge in [0, 0.05) is 11.4 Å². The van der Waals surface area contributed by atoms with Gasteiger partial charge < -0.3 is 5.32 Å². The second-order valence-electron chi connectivity index (χ2n) is 7.13. The van der Waals surface area contributed by atoms with Crippen molar-refractivity contribution in [2.24, 2.45) is 0 Å². The molecule has 0 aromatic heterocycles. The highest BCUT2D eigenvalue weighted by Gasteiger charge is 2.16. The number of hydrogen-bond acceptors (Lipinski definition) is 1. The third-order valence-electron chi connectivity index (χ3n) is 4.73. The van der Waals surface area contributed by atoms with Crippen molar-refractivity contribution in [3.8, 4) is 0 Å². The minimum atomic E-state index is -0.0685. The summed E-state index contributed by atoms with van der Waals surface area (Å²) in [6, 6.07) is 18.1. The fourth-order valence-corrected chi connectivity index (χ4v) is 8.75. The van der Waals surface area contributed by atoms with E-state index >= 15 is 0 Å². The zero-order valence-electron chi connectivity index (χ0n) is 17.7. The Morgan fingerprint density at radius 2 is 0.889 bits per heavy atom. The van der Waals surface area contributed by atoms with Crippen LogP contribution in [0.15, 0.2) is 48.5 Å². The van der Waals surface area contributed by atoms with E-state index in [9.17, 15) is 0 Å². The van der Waals surface area contributed by atoms with Crippen LogP contribution in [-0.2, 0) is 0 Å². The number of hydrogen-bond donors (Lipinski definition) is 1. The molecule has 0 fully saturated rings. The maximum atomic E-state index is 3.87. The number of benzene rings is 2. The molecule has 0 aliphatic rings. The van der Waals surface area contributed by atoms with Crippen LogP contribution in [0.25, 0.3) is 0 Å². The molecule has 2 aromatic rings. The Kier molecular flexibility index (Phi) is 10.4. The zero-order valence-corrected chi connectivity index (χ0v) is 19.5. The fraction of sp³-hybridized carbons (Fsp3) is 0.500. The maximum absolute atomic E-state index is 3.87. The lowest BCUT2D eigenvalue weighted by molar-refractivity contribution is 1.06. The van der Waals surface area contributed by atoms with E-state index in [0.29, 0.717) is 0 Å². The molecule has 0 amide bonds. The lowest BCUT2D eigenvalue weighted by Crippen LogP contribution is -2.16. The van der Waals surface area contributed by atoms with Crippen LogP contribution >= 0.6 is 15.8 Å². The first-order chi connectivity index (χ1) is 13.2. The summed E-state index contributed by atoms with van der Waals surface area (Å²) in [6.45, 7) is 9.27. The van der Waals surface area contributed by atoms with E-state index in [4.69, 9.17) is 0 Å². The van der Waals surface area contributed by atoms with E-state index in [2.05, 4.69) is 81.5 Å². The van der Waals surface area contributed by atoms with Gasteiger partial charge in [0.15, 0.2) is 0 Å². The van der Waals surface area contributed by atoms with Gasteiger partial charge in [-0.2, -0.15) is 0 Å². The van der Waals surface area contributed by atoms with Gasteiger partial charge in [0.05, 0.1) is 0 Å². The van der Waals surface area contributed by atoms with Crippen molar-refractivity contribution in [2.75, 3.05) is 30.0 Å². The highest BCUT2D eigenvalue weighted by molar-refractivity contribution is 7.66. The van der Waals surface area contributed by atoms with Gasteiger partial charge in [-0.15, -0.1) is 0 Å². The number of anilines is 2. The van der Waals surface area contributed by atoms with E-state index < -0.39 is 0 Å². The Bertz CT molecular complexity index is 601. The fourth-order valence-electron chi connectivity index (χ4n) is 3.64. The van der Waals surface area contributed by atoms with E-state index in [1.54, 1.807) is 10.6 Å². The smallest absolute Gasteiger partial charge is 0.0462 e. The Hall–Kier alpha value is -0.900. The van der Waals surface area contributed by atoms with Gasteiger partial charge in [-0.05, 0) is 47.4 Å². The molecule has 0 radical (unpaired) electrons. The maximum Gasteiger partial charge on any atom is 0.0462 e. The molecule has 0 aliphatic heterocycles. The Labute approximate surface area is 169 Å². The molecule has 2 aromatic carbocycles. The first-order valence-corrected chi connectivity index (χ1v) is 14.1.